The molecule has 0 spiro atoms. The van der Waals surface area contributed by atoms with Gasteiger partial charge in [-0.05, 0) is 43.2 Å². The van der Waals surface area contributed by atoms with Gasteiger partial charge in [-0.2, -0.15) is 10.1 Å². The van der Waals surface area contributed by atoms with Crippen molar-refractivity contribution in [1.82, 2.24) is 0 Å². The quantitative estimate of drug-likeness (QED) is 0.323. The molecule has 1 amide bonds. The molecule has 0 fully saturated rings. The Balaban J connectivity index is 1.84. The Morgan fingerprint density at radius 3 is 2.39 bits per heavy atom. The number of carbonyl (C=O) groups excluding carboxylic acids is 1. The molecular formula is C26H21N3O4. The average molecular weight is 439 g/mol. The molecule has 0 unspecified atom stereocenters. The van der Waals surface area contributed by atoms with Crippen LogP contribution < -0.4 is 5.01 Å². The molecule has 0 bridgehead atoms. The number of hydrogen-bond acceptors (Lipinski definition) is 5. The second-order valence-corrected chi connectivity index (χ2v) is 7.63. The second kappa shape index (κ2) is 8.92. The molecule has 7 nitrogen and oxygen atoms in total. The molecule has 4 rings (SSSR count). The summed E-state index contributed by atoms with van der Waals surface area (Å²) in [5, 5.41) is 27.2. The zero-order chi connectivity index (χ0) is 23.5. The molecule has 164 valence electrons. The van der Waals surface area contributed by atoms with Crippen LogP contribution >= 0.6 is 0 Å². The highest BCUT2D eigenvalue weighted by molar-refractivity contribution is 6.34. The van der Waals surface area contributed by atoms with E-state index in [1.165, 1.54) is 23.2 Å². The number of benzene rings is 3. The number of carbonyl (C=O) groups is 1. The fourth-order valence-corrected chi connectivity index (χ4v) is 3.58. The maximum absolute atomic E-state index is 13.4. The average Bonchev–Trinajstić information content (AvgIpc) is 3.10. The number of hydrazone groups is 1. The Kier molecular flexibility index (Phi) is 5.87. The number of rotatable bonds is 5. The number of para-hydroxylation sites is 1. The molecule has 7 heteroatoms. The van der Waals surface area contributed by atoms with Crippen molar-refractivity contribution in [1.29, 1.82) is 0 Å². The van der Waals surface area contributed by atoms with E-state index in [1.807, 2.05) is 49.4 Å². The molecule has 0 saturated carbocycles. The molecule has 3 aromatic rings. The fraction of sp³-hybridized carbons (Fsp3) is 0.0769. The molecule has 33 heavy (non-hydrogen) atoms. The van der Waals surface area contributed by atoms with E-state index in [9.17, 15) is 20.0 Å². The maximum atomic E-state index is 13.4. The second-order valence-electron chi connectivity index (χ2n) is 7.63. The van der Waals surface area contributed by atoms with E-state index >= 15 is 0 Å². The fourth-order valence-electron chi connectivity index (χ4n) is 3.58. The normalized spacial score (nSPS) is 15.2. The van der Waals surface area contributed by atoms with E-state index < -0.39 is 4.92 Å². The van der Waals surface area contributed by atoms with Crippen molar-refractivity contribution in [3.8, 4) is 5.75 Å². The third-order valence-electron chi connectivity index (χ3n) is 5.30. The highest BCUT2D eigenvalue weighted by Crippen LogP contribution is 2.32. The van der Waals surface area contributed by atoms with Crippen molar-refractivity contribution in [2.75, 3.05) is 5.01 Å². The van der Waals surface area contributed by atoms with Gasteiger partial charge in [-0.1, -0.05) is 60.2 Å². The number of nitrogens with zero attached hydrogens (tertiary/aromatic N) is 3. The number of hydrogen-bond donors (Lipinski definition) is 1. The molecule has 3 aromatic carbocycles. The number of nitro groups is 1. The molecule has 0 radical (unpaired) electrons. The van der Waals surface area contributed by atoms with Crippen LogP contribution in [0.3, 0.4) is 0 Å². The van der Waals surface area contributed by atoms with Crippen LogP contribution in [-0.4, -0.2) is 21.6 Å². The van der Waals surface area contributed by atoms with Gasteiger partial charge in [0.1, 0.15) is 5.75 Å². The first-order valence-corrected chi connectivity index (χ1v) is 10.3. The number of phenols is 1. The van der Waals surface area contributed by atoms with Crippen LogP contribution in [0.25, 0.3) is 11.6 Å². The highest BCUT2D eigenvalue weighted by atomic mass is 16.6. The lowest BCUT2D eigenvalue weighted by Crippen LogP contribution is -2.21. The van der Waals surface area contributed by atoms with Gasteiger partial charge >= 0.3 is 0 Å². The number of phenolic OH excluding ortho intramolecular Hbond substituents is 1. The van der Waals surface area contributed by atoms with Crippen molar-refractivity contribution in [2.45, 2.75) is 13.8 Å². The van der Waals surface area contributed by atoms with Gasteiger partial charge in [-0.15, -0.1) is 0 Å². The summed E-state index contributed by atoms with van der Waals surface area (Å²) in [5.41, 5.74) is 4.21. The summed E-state index contributed by atoms with van der Waals surface area (Å²) in [7, 11) is 0. The molecule has 1 aliphatic rings. The zero-order valence-electron chi connectivity index (χ0n) is 18.1. The Bertz CT molecular complexity index is 1320. The first-order chi connectivity index (χ1) is 15.8. The summed E-state index contributed by atoms with van der Waals surface area (Å²) < 4.78 is 0. The number of allylic oxidation sites excluding steroid dienone is 2. The molecule has 0 aliphatic carbocycles. The van der Waals surface area contributed by atoms with E-state index in [0.717, 1.165) is 11.1 Å². The summed E-state index contributed by atoms with van der Waals surface area (Å²) in [6.07, 6.45) is 3.25. The molecular weight excluding hydrogens is 418 g/mol. The monoisotopic (exact) mass is 439 g/mol. The summed E-state index contributed by atoms with van der Waals surface area (Å²) in [4.78, 5) is 24.0. The lowest BCUT2D eigenvalue weighted by Gasteiger charge is -2.13. The number of amides is 1. The van der Waals surface area contributed by atoms with E-state index in [2.05, 4.69) is 5.10 Å². The molecule has 1 N–H and O–H groups in total. The van der Waals surface area contributed by atoms with Gasteiger partial charge in [0.25, 0.3) is 11.6 Å². The number of aromatic hydroxyl groups is 1. The first kappa shape index (κ1) is 21.7. The predicted octanol–water partition coefficient (Wildman–Crippen LogP) is 5.50. The summed E-state index contributed by atoms with van der Waals surface area (Å²) >= 11 is 0. The third-order valence-corrected chi connectivity index (χ3v) is 5.30. The van der Waals surface area contributed by atoms with Crippen LogP contribution in [0.4, 0.5) is 11.4 Å². The van der Waals surface area contributed by atoms with Gasteiger partial charge in [0, 0.05) is 17.7 Å². The van der Waals surface area contributed by atoms with Gasteiger partial charge in [0.05, 0.1) is 21.9 Å². The molecule has 0 atom stereocenters. The maximum Gasteiger partial charge on any atom is 0.281 e. The van der Waals surface area contributed by atoms with Crippen LogP contribution in [0, 0.1) is 17.0 Å². The molecule has 0 aromatic heterocycles. The largest absolute Gasteiger partial charge is 0.507 e. The summed E-state index contributed by atoms with van der Waals surface area (Å²) in [6, 6.07) is 20.6. The van der Waals surface area contributed by atoms with Crippen molar-refractivity contribution < 1.29 is 14.8 Å². The van der Waals surface area contributed by atoms with Crippen LogP contribution in [0.5, 0.6) is 5.75 Å². The van der Waals surface area contributed by atoms with Crippen LogP contribution in [0.15, 0.2) is 89.5 Å². The van der Waals surface area contributed by atoms with E-state index in [0.29, 0.717) is 22.5 Å². The number of non-ortho nitro benzene ring substituents is 1. The van der Waals surface area contributed by atoms with Gasteiger partial charge < -0.3 is 5.11 Å². The topological polar surface area (TPSA) is 96.0 Å². The minimum atomic E-state index is -0.523. The minimum absolute atomic E-state index is 0.0980. The van der Waals surface area contributed by atoms with Gasteiger partial charge in [-0.3, -0.25) is 14.9 Å². The van der Waals surface area contributed by atoms with Crippen LogP contribution in [-0.2, 0) is 4.79 Å². The van der Waals surface area contributed by atoms with Crippen molar-refractivity contribution >= 4 is 34.6 Å². The van der Waals surface area contributed by atoms with Crippen molar-refractivity contribution in [3.05, 3.63) is 111 Å². The Hall–Kier alpha value is -4.52. The van der Waals surface area contributed by atoms with Crippen LogP contribution in [0.2, 0.25) is 0 Å². The van der Waals surface area contributed by atoms with Crippen LogP contribution in [0.1, 0.15) is 23.6 Å². The third kappa shape index (κ3) is 4.43. The van der Waals surface area contributed by atoms with Gasteiger partial charge in [0.2, 0.25) is 0 Å². The smallest absolute Gasteiger partial charge is 0.281 e. The lowest BCUT2D eigenvalue weighted by molar-refractivity contribution is -0.384. The van der Waals surface area contributed by atoms with Crippen molar-refractivity contribution in [3.63, 3.8) is 0 Å². The SMILES string of the molecule is CC1=NN(c2ccccc2)C(=O)C1=C(/C=C/c1cc([N+](=O)[O-])ccc1O)c1ccc(C)cc1. The van der Waals surface area contributed by atoms with E-state index in [4.69, 9.17) is 0 Å². The Labute approximate surface area is 190 Å². The predicted molar refractivity (Wildman–Crippen MR) is 129 cm³/mol. The standard InChI is InChI=1S/C26H21N3O4/c1-17-8-10-19(11-9-17)23(14-12-20-16-22(29(32)33)13-15-24(20)30)25-18(2)27-28(26(25)31)21-6-4-3-5-7-21/h3-16,30H,1-2H3/b14-12+,25-23?. The van der Waals surface area contributed by atoms with E-state index in [-0.39, 0.29) is 22.9 Å². The zero-order valence-corrected chi connectivity index (χ0v) is 18.1. The highest BCUT2D eigenvalue weighted by Gasteiger charge is 2.31. The minimum Gasteiger partial charge on any atom is -0.507 e. The van der Waals surface area contributed by atoms with Crippen molar-refractivity contribution in [2.24, 2.45) is 5.10 Å². The van der Waals surface area contributed by atoms with Gasteiger partial charge in [-0.25, -0.2) is 0 Å². The Morgan fingerprint density at radius 1 is 1.03 bits per heavy atom. The Morgan fingerprint density at radius 2 is 1.73 bits per heavy atom. The molecule has 1 aliphatic heterocycles. The van der Waals surface area contributed by atoms with E-state index in [1.54, 1.807) is 31.2 Å². The molecule has 1 heterocycles. The summed E-state index contributed by atoms with van der Waals surface area (Å²) in [6.45, 7) is 3.74. The number of aryl methyl sites for hydroxylation is 1. The summed E-state index contributed by atoms with van der Waals surface area (Å²) in [5.74, 6) is -0.374. The lowest BCUT2D eigenvalue weighted by atomic mass is 9.95. The van der Waals surface area contributed by atoms with Gasteiger partial charge in [0.15, 0.2) is 0 Å². The molecule has 0 saturated heterocycles. The first-order valence-electron chi connectivity index (χ1n) is 10.3. The number of anilines is 1. The number of nitro benzene ring substituents is 1.